The van der Waals surface area contributed by atoms with Gasteiger partial charge in [-0.3, -0.25) is 0 Å². The fourth-order valence-corrected chi connectivity index (χ4v) is 1.26. The smallest absolute Gasteiger partial charge is 0.0149 e. The van der Waals surface area contributed by atoms with Gasteiger partial charge in [-0.05, 0) is 37.4 Å². The third-order valence-corrected chi connectivity index (χ3v) is 1.89. The maximum Gasteiger partial charge on any atom is 0.0149 e. The number of aromatic amines is 1. The minimum atomic E-state index is 0.693. The summed E-state index contributed by atoms with van der Waals surface area (Å²) in [5.41, 5.74) is 6.76. The standard InChI is InChI=1S/C9H16N2/c1-8(4-5-10)7-9-3-2-6-11-9/h2-3,6,8,11H,4-5,7,10H2,1H3. The van der Waals surface area contributed by atoms with Gasteiger partial charge >= 0.3 is 0 Å². The number of aromatic nitrogens is 1. The second-order valence-electron chi connectivity index (χ2n) is 3.08. The Morgan fingerprint density at radius 2 is 2.45 bits per heavy atom. The SMILES string of the molecule is CC(CCN)Cc1ccc[nH]1. The van der Waals surface area contributed by atoms with Gasteiger partial charge in [0.05, 0.1) is 0 Å². The summed E-state index contributed by atoms with van der Waals surface area (Å²) in [6.45, 7) is 3.02. The molecule has 0 amide bonds. The summed E-state index contributed by atoms with van der Waals surface area (Å²) in [5.74, 6) is 0.693. The molecule has 2 heteroatoms. The van der Waals surface area contributed by atoms with Crippen LogP contribution in [0.2, 0.25) is 0 Å². The van der Waals surface area contributed by atoms with E-state index in [4.69, 9.17) is 5.73 Å². The number of H-pyrrole nitrogens is 1. The predicted molar refractivity (Wildman–Crippen MR) is 47.3 cm³/mol. The van der Waals surface area contributed by atoms with Gasteiger partial charge in [0.1, 0.15) is 0 Å². The lowest BCUT2D eigenvalue weighted by atomic mass is 10.0. The Morgan fingerprint density at radius 1 is 1.64 bits per heavy atom. The Morgan fingerprint density at radius 3 is 3.00 bits per heavy atom. The van der Waals surface area contributed by atoms with E-state index in [0.29, 0.717) is 5.92 Å². The van der Waals surface area contributed by atoms with Gasteiger partial charge in [0.25, 0.3) is 0 Å². The molecular formula is C9H16N2. The van der Waals surface area contributed by atoms with Gasteiger partial charge in [-0.15, -0.1) is 0 Å². The van der Waals surface area contributed by atoms with Crippen molar-refractivity contribution in [3.8, 4) is 0 Å². The number of nitrogens with two attached hydrogens (primary N) is 1. The lowest BCUT2D eigenvalue weighted by molar-refractivity contribution is 0.533. The van der Waals surface area contributed by atoms with Crippen LogP contribution in [0.3, 0.4) is 0 Å². The molecule has 3 N–H and O–H groups in total. The van der Waals surface area contributed by atoms with Crippen molar-refractivity contribution in [3.63, 3.8) is 0 Å². The number of nitrogens with one attached hydrogen (secondary N) is 1. The molecule has 0 radical (unpaired) electrons. The Balaban J connectivity index is 2.31. The Bertz CT molecular complexity index is 179. The molecule has 0 aromatic carbocycles. The topological polar surface area (TPSA) is 41.8 Å². The van der Waals surface area contributed by atoms with E-state index in [1.54, 1.807) is 0 Å². The van der Waals surface area contributed by atoms with Crippen LogP contribution >= 0.6 is 0 Å². The van der Waals surface area contributed by atoms with Crippen molar-refractivity contribution >= 4 is 0 Å². The van der Waals surface area contributed by atoms with Crippen LogP contribution in [0.1, 0.15) is 19.0 Å². The van der Waals surface area contributed by atoms with Gasteiger partial charge in [-0.25, -0.2) is 0 Å². The molecule has 0 aliphatic carbocycles. The molecule has 0 bridgehead atoms. The Hall–Kier alpha value is -0.760. The maximum absolute atomic E-state index is 5.45. The van der Waals surface area contributed by atoms with Crippen molar-refractivity contribution in [2.45, 2.75) is 19.8 Å². The number of rotatable bonds is 4. The van der Waals surface area contributed by atoms with Crippen molar-refractivity contribution in [2.75, 3.05) is 6.54 Å². The van der Waals surface area contributed by atoms with E-state index in [2.05, 4.69) is 18.0 Å². The molecule has 0 saturated carbocycles. The van der Waals surface area contributed by atoms with E-state index in [0.717, 1.165) is 19.4 Å². The zero-order chi connectivity index (χ0) is 8.10. The Kier molecular flexibility index (Phi) is 3.17. The molecule has 0 fully saturated rings. The van der Waals surface area contributed by atoms with E-state index in [-0.39, 0.29) is 0 Å². The molecule has 0 aliphatic heterocycles. The highest BCUT2D eigenvalue weighted by Gasteiger charge is 2.01. The van der Waals surface area contributed by atoms with Crippen LogP contribution in [0.5, 0.6) is 0 Å². The Labute approximate surface area is 67.8 Å². The quantitative estimate of drug-likeness (QED) is 0.675. The first-order valence-electron chi connectivity index (χ1n) is 4.15. The van der Waals surface area contributed by atoms with E-state index in [1.807, 2.05) is 12.3 Å². The summed E-state index contributed by atoms with van der Waals surface area (Å²) >= 11 is 0. The van der Waals surface area contributed by atoms with Crippen LogP contribution in [0.15, 0.2) is 18.3 Å². The van der Waals surface area contributed by atoms with Crippen LogP contribution in [0.4, 0.5) is 0 Å². The summed E-state index contributed by atoms with van der Waals surface area (Å²) in [5, 5.41) is 0. The summed E-state index contributed by atoms with van der Waals surface area (Å²) in [4.78, 5) is 3.19. The summed E-state index contributed by atoms with van der Waals surface area (Å²) in [7, 11) is 0. The average molecular weight is 152 g/mol. The zero-order valence-corrected chi connectivity index (χ0v) is 7.01. The van der Waals surface area contributed by atoms with E-state index >= 15 is 0 Å². The van der Waals surface area contributed by atoms with Crippen molar-refractivity contribution in [3.05, 3.63) is 24.0 Å². The first-order valence-corrected chi connectivity index (χ1v) is 4.15. The third-order valence-electron chi connectivity index (χ3n) is 1.89. The molecule has 1 atom stereocenters. The first-order chi connectivity index (χ1) is 5.33. The molecule has 1 heterocycles. The fraction of sp³-hybridized carbons (Fsp3) is 0.556. The number of hydrogen-bond acceptors (Lipinski definition) is 1. The molecule has 0 aliphatic rings. The van der Waals surface area contributed by atoms with Crippen LogP contribution in [-0.2, 0) is 6.42 Å². The van der Waals surface area contributed by atoms with Gasteiger partial charge in [0.2, 0.25) is 0 Å². The van der Waals surface area contributed by atoms with Crippen LogP contribution in [0.25, 0.3) is 0 Å². The summed E-state index contributed by atoms with van der Waals surface area (Å²) in [6, 6.07) is 4.15. The van der Waals surface area contributed by atoms with Gasteiger partial charge in [0, 0.05) is 11.9 Å². The molecule has 1 aromatic rings. The highest BCUT2D eigenvalue weighted by atomic mass is 14.7. The molecule has 11 heavy (non-hydrogen) atoms. The lowest BCUT2D eigenvalue weighted by Crippen LogP contribution is -2.08. The molecule has 1 aromatic heterocycles. The normalized spacial score (nSPS) is 13.3. The lowest BCUT2D eigenvalue weighted by Gasteiger charge is -2.07. The fourth-order valence-electron chi connectivity index (χ4n) is 1.26. The van der Waals surface area contributed by atoms with E-state index < -0.39 is 0 Å². The van der Waals surface area contributed by atoms with Crippen LogP contribution < -0.4 is 5.73 Å². The van der Waals surface area contributed by atoms with Gasteiger partial charge < -0.3 is 10.7 Å². The maximum atomic E-state index is 5.45. The molecule has 62 valence electrons. The van der Waals surface area contributed by atoms with Crippen molar-refractivity contribution in [1.82, 2.24) is 4.98 Å². The molecule has 1 rings (SSSR count). The van der Waals surface area contributed by atoms with Gasteiger partial charge in [-0.2, -0.15) is 0 Å². The summed E-state index contributed by atoms with van der Waals surface area (Å²) in [6.07, 6.45) is 4.19. The van der Waals surface area contributed by atoms with Crippen LogP contribution in [-0.4, -0.2) is 11.5 Å². The van der Waals surface area contributed by atoms with Crippen molar-refractivity contribution in [2.24, 2.45) is 11.7 Å². The predicted octanol–water partition coefficient (Wildman–Crippen LogP) is 1.54. The molecule has 2 nitrogen and oxygen atoms in total. The molecular weight excluding hydrogens is 136 g/mol. The molecule has 1 unspecified atom stereocenters. The highest BCUT2D eigenvalue weighted by Crippen LogP contribution is 2.08. The molecule has 0 saturated heterocycles. The minimum Gasteiger partial charge on any atom is -0.365 e. The van der Waals surface area contributed by atoms with Crippen molar-refractivity contribution in [1.29, 1.82) is 0 Å². The van der Waals surface area contributed by atoms with E-state index in [1.165, 1.54) is 5.69 Å². The monoisotopic (exact) mass is 152 g/mol. The molecule has 0 spiro atoms. The zero-order valence-electron chi connectivity index (χ0n) is 7.01. The highest BCUT2D eigenvalue weighted by molar-refractivity contribution is 5.04. The second kappa shape index (κ2) is 4.19. The van der Waals surface area contributed by atoms with Crippen LogP contribution in [0, 0.1) is 5.92 Å². The minimum absolute atomic E-state index is 0.693. The van der Waals surface area contributed by atoms with Gasteiger partial charge in [0.15, 0.2) is 0 Å². The third kappa shape index (κ3) is 2.76. The first kappa shape index (κ1) is 8.34. The summed E-state index contributed by atoms with van der Waals surface area (Å²) < 4.78 is 0. The number of hydrogen-bond donors (Lipinski definition) is 2. The van der Waals surface area contributed by atoms with Crippen molar-refractivity contribution < 1.29 is 0 Å². The second-order valence-corrected chi connectivity index (χ2v) is 3.08. The largest absolute Gasteiger partial charge is 0.365 e. The van der Waals surface area contributed by atoms with Gasteiger partial charge in [-0.1, -0.05) is 6.92 Å². The van der Waals surface area contributed by atoms with E-state index in [9.17, 15) is 0 Å². The average Bonchev–Trinajstić information content (AvgIpc) is 2.40.